The van der Waals surface area contributed by atoms with Crippen molar-refractivity contribution < 1.29 is 14.2 Å². The Hall–Kier alpha value is -2.08. The summed E-state index contributed by atoms with van der Waals surface area (Å²) in [5, 5.41) is 15.2. The average molecular weight is 312 g/mol. The number of hydrogen-bond donors (Lipinski definition) is 2. The molecule has 2 aliphatic rings. The molecule has 0 radical (unpaired) electrons. The number of carbonyl (C=O) groups is 1. The first-order chi connectivity index (χ1) is 11.0. The lowest BCUT2D eigenvalue weighted by Crippen LogP contribution is -3.03. The summed E-state index contributed by atoms with van der Waals surface area (Å²) in [5.74, 6) is -0.619. The maximum absolute atomic E-state index is 13.2. The van der Waals surface area contributed by atoms with Crippen molar-refractivity contribution in [2.45, 2.75) is 32.4 Å². The Morgan fingerprint density at radius 1 is 1.22 bits per heavy atom. The molecular formula is C18H17FN2O2. The predicted molar refractivity (Wildman–Crippen MR) is 84.5 cm³/mol. The van der Waals surface area contributed by atoms with Gasteiger partial charge in [0.2, 0.25) is 0 Å². The second kappa shape index (κ2) is 5.23. The summed E-state index contributed by atoms with van der Waals surface area (Å²) < 4.78 is 13.2. The summed E-state index contributed by atoms with van der Waals surface area (Å²) in [5.41, 5.74) is 5.45. The Morgan fingerprint density at radius 2 is 1.96 bits per heavy atom. The molecule has 4 rings (SSSR count). The highest BCUT2D eigenvalue weighted by Gasteiger charge is 2.34. The first kappa shape index (κ1) is 14.5. The molecule has 0 aliphatic carbocycles. The van der Waals surface area contributed by atoms with Gasteiger partial charge in [-0.15, -0.1) is 0 Å². The van der Waals surface area contributed by atoms with Crippen LogP contribution in [0.2, 0.25) is 0 Å². The number of hydroxylamine groups is 1. The van der Waals surface area contributed by atoms with Gasteiger partial charge in [-0.1, -0.05) is 12.1 Å². The molecule has 1 amide bonds. The normalized spacial score (nSPS) is 22.8. The summed E-state index contributed by atoms with van der Waals surface area (Å²) in [6.45, 7) is 2.79. The number of carbonyl (C=O) groups excluding carboxylic acids is 1. The number of halogens is 1. The number of nitrogens with one attached hydrogen (secondary N) is 2. The predicted octanol–water partition coefficient (Wildman–Crippen LogP) is 1.62. The van der Waals surface area contributed by atoms with Crippen molar-refractivity contribution in [3.8, 4) is 11.1 Å². The van der Waals surface area contributed by atoms with Crippen LogP contribution in [0.4, 0.5) is 10.1 Å². The lowest BCUT2D eigenvalue weighted by Gasteiger charge is -2.28. The fourth-order valence-corrected chi connectivity index (χ4v) is 3.61. The highest BCUT2D eigenvalue weighted by atomic mass is 19.1. The zero-order valence-corrected chi connectivity index (χ0v) is 12.8. The molecule has 0 fully saturated rings. The van der Waals surface area contributed by atoms with E-state index in [0.717, 1.165) is 34.2 Å². The maximum atomic E-state index is 13.2. The highest BCUT2D eigenvalue weighted by Crippen LogP contribution is 2.36. The molecule has 2 atom stereocenters. The minimum atomic E-state index is -0.391. The average Bonchev–Trinajstić information content (AvgIpc) is 2.83. The monoisotopic (exact) mass is 312 g/mol. The van der Waals surface area contributed by atoms with Crippen LogP contribution in [0.25, 0.3) is 11.1 Å². The van der Waals surface area contributed by atoms with Crippen LogP contribution in [-0.4, -0.2) is 11.9 Å². The summed E-state index contributed by atoms with van der Waals surface area (Å²) >= 11 is 0. The van der Waals surface area contributed by atoms with E-state index in [9.17, 15) is 14.4 Å². The van der Waals surface area contributed by atoms with Crippen molar-refractivity contribution in [2.75, 3.05) is 0 Å². The number of fused-ring (bicyclic) bond motifs is 3. The van der Waals surface area contributed by atoms with Crippen molar-refractivity contribution in [3.63, 3.8) is 0 Å². The third-order valence-electron chi connectivity index (χ3n) is 4.80. The Labute approximate surface area is 133 Å². The van der Waals surface area contributed by atoms with E-state index in [1.54, 1.807) is 12.1 Å². The van der Waals surface area contributed by atoms with Crippen molar-refractivity contribution in [1.82, 2.24) is 5.32 Å². The Balaban J connectivity index is 1.95. The lowest BCUT2D eigenvalue weighted by atomic mass is 9.85. The Kier molecular flexibility index (Phi) is 3.30. The van der Waals surface area contributed by atoms with Crippen LogP contribution in [0.15, 0.2) is 30.3 Å². The Morgan fingerprint density at radius 3 is 2.70 bits per heavy atom. The topological polar surface area (TPSA) is 56.6 Å². The molecule has 0 bridgehead atoms. The van der Waals surface area contributed by atoms with Crippen molar-refractivity contribution in [3.05, 3.63) is 58.0 Å². The zero-order valence-electron chi connectivity index (χ0n) is 12.8. The first-order valence-corrected chi connectivity index (χ1v) is 7.79. The summed E-state index contributed by atoms with van der Waals surface area (Å²) in [6.07, 6.45) is 1.01. The third-order valence-corrected chi connectivity index (χ3v) is 4.80. The molecule has 4 nitrogen and oxygen atoms in total. The van der Waals surface area contributed by atoms with E-state index in [0.29, 0.717) is 18.3 Å². The van der Waals surface area contributed by atoms with Gasteiger partial charge in [0.15, 0.2) is 0 Å². The molecular weight excluding hydrogens is 295 g/mol. The molecule has 2 aromatic rings. The van der Waals surface area contributed by atoms with Crippen LogP contribution in [-0.2, 0) is 24.2 Å². The van der Waals surface area contributed by atoms with Crippen molar-refractivity contribution in [1.29, 1.82) is 0 Å². The number of rotatable bonds is 1. The fraction of sp³-hybridized carbons (Fsp3) is 0.278. The number of quaternary nitrogens is 1. The van der Waals surface area contributed by atoms with Crippen molar-refractivity contribution in [2.24, 2.45) is 0 Å². The number of amides is 1. The minimum absolute atomic E-state index is 0.215. The third kappa shape index (κ3) is 2.28. The molecule has 2 heterocycles. The van der Waals surface area contributed by atoms with Gasteiger partial charge in [-0.3, -0.25) is 5.06 Å². The number of hydrogen-bond acceptors (Lipinski definition) is 3. The molecule has 118 valence electrons. The second-order valence-electron chi connectivity index (χ2n) is 6.33. The molecule has 2 aliphatic heterocycles. The lowest BCUT2D eigenvalue weighted by molar-refractivity contribution is -0.683. The van der Waals surface area contributed by atoms with Gasteiger partial charge >= 0.3 is 5.91 Å². The maximum Gasteiger partial charge on any atom is 0.321 e. The van der Waals surface area contributed by atoms with Gasteiger partial charge in [0.05, 0.1) is 6.42 Å². The van der Waals surface area contributed by atoms with Gasteiger partial charge < -0.3 is 10.5 Å². The van der Waals surface area contributed by atoms with E-state index in [2.05, 4.69) is 12.2 Å². The van der Waals surface area contributed by atoms with E-state index in [1.807, 2.05) is 6.07 Å². The van der Waals surface area contributed by atoms with Crippen LogP contribution in [0.3, 0.4) is 0 Å². The smallest absolute Gasteiger partial charge is 0.321 e. The molecule has 2 unspecified atom stereocenters. The summed E-state index contributed by atoms with van der Waals surface area (Å²) in [7, 11) is 0. The van der Waals surface area contributed by atoms with E-state index in [1.165, 1.54) is 12.1 Å². The quantitative estimate of drug-likeness (QED) is 0.787. The molecule has 5 heteroatoms. The van der Waals surface area contributed by atoms with Crippen LogP contribution < -0.4 is 10.4 Å². The summed E-state index contributed by atoms with van der Waals surface area (Å²) in [4.78, 5) is 11.9. The van der Waals surface area contributed by atoms with Gasteiger partial charge in [0.25, 0.3) is 0 Å². The minimum Gasteiger partial charge on any atom is -0.621 e. The second-order valence-corrected chi connectivity index (χ2v) is 6.33. The van der Waals surface area contributed by atoms with Crippen LogP contribution >= 0.6 is 0 Å². The molecule has 0 spiro atoms. The van der Waals surface area contributed by atoms with E-state index in [-0.39, 0.29) is 18.1 Å². The highest BCUT2D eigenvalue weighted by molar-refractivity contribution is 5.84. The van der Waals surface area contributed by atoms with Gasteiger partial charge in [-0.2, -0.15) is 0 Å². The Bertz CT molecular complexity index is 802. The molecule has 2 aromatic carbocycles. The first-order valence-electron chi connectivity index (χ1n) is 7.79. The SMILES string of the molecule is CC1Cc2c(c(-c3ccc(F)cc3)cc3c2CC(=O)[NH+]3[O-])CN1. The van der Waals surface area contributed by atoms with E-state index < -0.39 is 5.06 Å². The largest absolute Gasteiger partial charge is 0.621 e. The molecule has 2 N–H and O–H groups in total. The van der Waals surface area contributed by atoms with Gasteiger partial charge in [-0.25, -0.2) is 9.18 Å². The summed E-state index contributed by atoms with van der Waals surface area (Å²) in [6, 6.07) is 8.39. The molecule has 0 aromatic heterocycles. The van der Waals surface area contributed by atoms with Gasteiger partial charge in [-0.05, 0) is 47.7 Å². The fourth-order valence-electron chi connectivity index (χ4n) is 3.61. The molecule has 0 saturated heterocycles. The van der Waals surface area contributed by atoms with Crippen LogP contribution in [0.5, 0.6) is 0 Å². The van der Waals surface area contributed by atoms with Gasteiger partial charge in [0, 0.05) is 24.2 Å². The number of benzene rings is 2. The van der Waals surface area contributed by atoms with E-state index in [4.69, 9.17) is 0 Å². The van der Waals surface area contributed by atoms with Crippen molar-refractivity contribution >= 4 is 11.6 Å². The standard InChI is InChI=1S/C18H17FN2O2/c1-10-6-14-15-8-18(22)21(23)17(15)7-13(16(14)9-20-10)11-2-4-12(19)5-3-11/h2-5,7,10,20-21H,6,8-9H2,1H3. The molecule has 23 heavy (non-hydrogen) atoms. The zero-order chi connectivity index (χ0) is 16.1. The van der Waals surface area contributed by atoms with Crippen LogP contribution in [0.1, 0.15) is 23.6 Å². The van der Waals surface area contributed by atoms with Gasteiger partial charge in [0.1, 0.15) is 11.5 Å². The van der Waals surface area contributed by atoms with Crippen LogP contribution in [0, 0.1) is 11.0 Å². The molecule has 0 saturated carbocycles. The van der Waals surface area contributed by atoms with E-state index >= 15 is 0 Å².